The zero-order valence-electron chi connectivity index (χ0n) is 12.4. The van der Waals surface area contributed by atoms with Crippen LogP contribution in [0.1, 0.15) is 22.0 Å². The molecule has 0 radical (unpaired) electrons. The molecule has 1 atom stereocenters. The van der Waals surface area contributed by atoms with Crippen molar-refractivity contribution in [2.24, 2.45) is 5.73 Å². The van der Waals surface area contributed by atoms with Crippen molar-refractivity contribution >= 4 is 27.3 Å². The van der Waals surface area contributed by atoms with Gasteiger partial charge in [-0.1, -0.05) is 24.3 Å². The van der Waals surface area contributed by atoms with Gasteiger partial charge in [-0.2, -0.15) is 0 Å². The maximum absolute atomic E-state index is 5.99. The average Bonchev–Trinajstić information content (AvgIpc) is 2.87. The summed E-state index contributed by atoms with van der Waals surface area (Å²) in [7, 11) is 3.83. The van der Waals surface area contributed by atoms with Gasteiger partial charge in [0.15, 0.2) is 0 Å². The lowest BCUT2D eigenvalue weighted by Crippen LogP contribution is -2.29. The third kappa shape index (κ3) is 4.63. The number of benzene rings is 1. The predicted octanol–water partition coefficient (Wildman–Crippen LogP) is 3.79. The molecule has 114 valence electrons. The average molecular weight is 369 g/mol. The summed E-state index contributed by atoms with van der Waals surface area (Å²) in [6, 6.07) is 10.9. The van der Waals surface area contributed by atoms with E-state index >= 15 is 0 Å². The molecule has 0 spiro atoms. The van der Waals surface area contributed by atoms with Crippen molar-refractivity contribution in [2.45, 2.75) is 19.2 Å². The van der Waals surface area contributed by atoms with Crippen LogP contribution in [-0.2, 0) is 17.9 Å². The van der Waals surface area contributed by atoms with Crippen molar-refractivity contribution in [3.8, 4) is 0 Å². The highest BCUT2D eigenvalue weighted by Crippen LogP contribution is 2.25. The number of likely N-dealkylation sites (N-methyl/N-ethyl adjacent to an activating group) is 1. The molecule has 1 aromatic heterocycles. The van der Waals surface area contributed by atoms with Gasteiger partial charge in [-0.25, -0.2) is 0 Å². The van der Waals surface area contributed by atoms with Crippen molar-refractivity contribution in [3.63, 3.8) is 0 Å². The normalized spacial score (nSPS) is 12.8. The summed E-state index contributed by atoms with van der Waals surface area (Å²) < 4.78 is 6.29. The smallest absolute Gasteiger partial charge is 0.0713 e. The van der Waals surface area contributed by atoms with Crippen LogP contribution in [0.5, 0.6) is 0 Å². The van der Waals surface area contributed by atoms with Crippen molar-refractivity contribution in [1.29, 1.82) is 0 Å². The van der Waals surface area contributed by atoms with Crippen LogP contribution in [0.15, 0.2) is 40.2 Å². The third-order valence-corrected chi connectivity index (χ3v) is 5.14. The summed E-state index contributed by atoms with van der Waals surface area (Å²) in [4.78, 5) is 3.63. The van der Waals surface area contributed by atoms with Crippen molar-refractivity contribution in [1.82, 2.24) is 4.90 Å². The Labute approximate surface area is 138 Å². The van der Waals surface area contributed by atoms with Gasteiger partial charge in [-0.05, 0) is 40.2 Å². The maximum atomic E-state index is 5.99. The summed E-state index contributed by atoms with van der Waals surface area (Å²) in [5.74, 6) is 0. The molecule has 3 nitrogen and oxygen atoms in total. The van der Waals surface area contributed by atoms with E-state index < -0.39 is 0 Å². The first-order chi connectivity index (χ1) is 10.1. The molecule has 1 heterocycles. The Kier molecular flexibility index (Phi) is 6.39. The molecule has 0 saturated heterocycles. The Hall–Kier alpha value is -0.720. The predicted molar refractivity (Wildman–Crippen MR) is 92.4 cm³/mol. The topological polar surface area (TPSA) is 38.5 Å². The maximum Gasteiger partial charge on any atom is 0.0713 e. The van der Waals surface area contributed by atoms with Gasteiger partial charge in [0.25, 0.3) is 0 Å². The number of hydrogen-bond donors (Lipinski definition) is 1. The fourth-order valence-electron chi connectivity index (χ4n) is 2.37. The van der Waals surface area contributed by atoms with Crippen LogP contribution in [0.4, 0.5) is 0 Å². The van der Waals surface area contributed by atoms with Gasteiger partial charge < -0.3 is 10.5 Å². The van der Waals surface area contributed by atoms with Gasteiger partial charge >= 0.3 is 0 Å². The van der Waals surface area contributed by atoms with Gasteiger partial charge in [-0.3, -0.25) is 4.90 Å². The van der Waals surface area contributed by atoms with Crippen LogP contribution in [-0.4, -0.2) is 25.6 Å². The monoisotopic (exact) mass is 368 g/mol. The van der Waals surface area contributed by atoms with Crippen LogP contribution in [0.2, 0.25) is 0 Å². The molecule has 5 heteroatoms. The molecule has 1 aromatic carbocycles. The van der Waals surface area contributed by atoms with E-state index in [2.05, 4.69) is 63.6 Å². The molecule has 0 aliphatic rings. The van der Waals surface area contributed by atoms with Gasteiger partial charge in [-0.15, -0.1) is 11.3 Å². The van der Waals surface area contributed by atoms with Crippen LogP contribution >= 0.6 is 27.3 Å². The molecule has 0 saturated carbocycles. The zero-order chi connectivity index (χ0) is 15.2. The lowest BCUT2D eigenvalue weighted by atomic mass is 10.0. The van der Waals surface area contributed by atoms with Gasteiger partial charge in [0.2, 0.25) is 0 Å². The standard InChI is InChI=1S/C16H21BrN2OS/c1-19(9-15-7-14(17)11-21-15)16(8-18)13-5-3-12(4-6-13)10-20-2/h3-7,11,16H,8-10,18H2,1-2H3. The highest BCUT2D eigenvalue weighted by atomic mass is 79.9. The Morgan fingerprint density at radius 1 is 1.33 bits per heavy atom. The Morgan fingerprint density at radius 3 is 2.57 bits per heavy atom. The Morgan fingerprint density at radius 2 is 2.05 bits per heavy atom. The lowest BCUT2D eigenvalue weighted by molar-refractivity contribution is 0.185. The molecule has 0 aliphatic heterocycles. The fraction of sp³-hybridized carbons (Fsp3) is 0.375. The summed E-state index contributed by atoms with van der Waals surface area (Å²) in [6.07, 6.45) is 0. The number of nitrogens with zero attached hydrogens (tertiary/aromatic N) is 1. The first-order valence-corrected chi connectivity index (χ1v) is 8.52. The third-order valence-electron chi connectivity index (χ3n) is 3.46. The van der Waals surface area contributed by atoms with Crippen molar-refractivity contribution < 1.29 is 4.74 Å². The second-order valence-electron chi connectivity index (χ2n) is 5.07. The Balaban J connectivity index is 2.07. The number of rotatable bonds is 7. The molecule has 2 rings (SSSR count). The Bertz CT molecular complexity index is 556. The van der Waals surface area contributed by atoms with Crippen LogP contribution in [0, 0.1) is 0 Å². The fourth-order valence-corrected chi connectivity index (χ4v) is 3.88. The van der Waals surface area contributed by atoms with E-state index in [1.165, 1.54) is 16.0 Å². The molecule has 21 heavy (non-hydrogen) atoms. The molecular formula is C16H21BrN2OS. The summed E-state index contributed by atoms with van der Waals surface area (Å²) in [6.45, 7) is 2.15. The van der Waals surface area contributed by atoms with Crippen LogP contribution < -0.4 is 5.73 Å². The highest BCUT2D eigenvalue weighted by molar-refractivity contribution is 9.10. The van der Waals surface area contributed by atoms with Crippen molar-refractivity contribution in [2.75, 3.05) is 20.7 Å². The van der Waals surface area contributed by atoms with Gasteiger partial charge in [0, 0.05) is 41.0 Å². The van der Waals surface area contributed by atoms with E-state index in [4.69, 9.17) is 10.5 Å². The molecule has 1 unspecified atom stereocenters. The number of ether oxygens (including phenoxy) is 1. The van der Waals surface area contributed by atoms with E-state index in [1.807, 2.05) is 0 Å². The largest absolute Gasteiger partial charge is 0.380 e. The number of hydrogen-bond acceptors (Lipinski definition) is 4. The quantitative estimate of drug-likeness (QED) is 0.807. The van der Waals surface area contributed by atoms with E-state index in [0.29, 0.717) is 13.2 Å². The molecule has 0 fully saturated rings. The van der Waals surface area contributed by atoms with Crippen LogP contribution in [0.25, 0.3) is 0 Å². The van der Waals surface area contributed by atoms with Gasteiger partial charge in [0.1, 0.15) is 0 Å². The molecule has 0 bridgehead atoms. The highest BCUT2D eigenvalue weighted by Gasteiger charge is 2.16. The van der Waals surface area contributed by atoms with E-state index in [9.17, 15) is 0 Å². The number of halogens is 1. The number of nitrogens with two attached hydrogens (primary N) is 1. The second-order valence-corrected chi connectivity index (χ2v) is 6.98. The molecule has 2 aromatic rings. The van der Waals surface area contributed by atoms with Crippen molar-refractivity contribution in [3.05, 3.63) is 56.2 Å². The zero-order valence-corrected chi connectivity index (χ0v) is 14.8. The number of methoxy groups -OCH3 is 1. The summed E-state index contributed by atoms with van der Waals surface area (Å²) in [5.41, 5.74) is 8.42. The molecule has 0 aliphatic carbocycles. The van der Waals surface area contributed by atoms with E-state index in [0.717, 1.165) is 11.0 Å². The first kappa shape index (κ1) is 16.6. The number of thiophene rings is 1. The summed E-state index contributed by atoms with van der Waals surface area (Å²) in [5, 5.41) is 2.11. The minimum Gasteiger partial charge on any atom is -0.380 e. The SMILES string of the molecule is COCc1ccc(C(CN)N(C)Cc2cc(Br)cs2)cc1. The lowest BCUT2D eigenvalue weighted by Gasteiger charge is -2.27. The minimum absolute atomic E-state index is 0.225. The van der Waals surface area contributed by atoms with Crippen LogP contribution in [0.3, 0.4) is 0 Å². The van der Waals surface area contributed by atoms with Gasteiger partial charge in [0.05, 0.1) is 6.61 Å². The van der Waals surface area contributed by atoms with E-state index in [-0.39, 0.29) is 6.04 Å². The first-order valence-electron chi connectivity index (χ1n) is 6.85. The molecular weight excluding hydrogens is 348 g/mol. The second kappa shape index (κ2) is 8.06. The summed E-state index contributed by atoms with van der Waals surface area (Å²) >= 11 is 5.26. The molecule has 0 amide bonds. The van der Waals surface area contributed by atoms with E-state index in [1.54, 1.807) is 18.4 Å². The minimum atomic E-state index is 0.225. The molecule has 2 N–H and O–H groups in total.